The first kappa shape index (κ1) is 18.5. The average Bonchev–Trinajstić information content (AvgIpc) is 2.84. The highest BCUT2D eigenvalue weighted by Crippen LogP contribution is 2.38. The number of rotatable bonds is 4. The van der Waals surface area contributed by atoms with Gasteiger partial charge in [-0.2, -0.15) is 0 Å². The van der Waals surface area contributed by atoms with Gasteiger partial charge in [-0.3, -0.25) is 9.69 Å². The fourth-order valence-corrected chi connectivity index (χ4v) is 3.29. The Kier molecular flexibility index (Phi) is 5.69. The number of nitrogens with zero attached hydrogens (tertiary/aromatic N) is 1. The van der Waals surface area contributed by atoms with E-state index >= 15 is 0 Å². The maximum atomic E-state index is 12.1. The van der Waals surface area contributed by atoms with Crippen molar-refractivity contribution in [1.82, 2.24) is 4.90 Å². The second kappa shape index (κ2) is 7.98. The molecule has 2 aromatic rings. The Morgan fingerprint density at radius 2 is 2.15 bits per heavy atom. The monoisotopic (exact) mass is 375 g/mol. The summed E-state index contributed by atoms with van der Waals surface area (Å²) in [4.78, 5) is 14.1. The van der Waals surface area contributed by atoms with Crippen LogP contribution in [0.3, 0.4) is 0 Å². The third-order valence-electron chi connectivity index (χ3n) is 4.48. The van der Waals surface area contributed by atoms with Crippen LogP contribution in [-0.4, -0.2) is 41.8 Å². The molecule has 0 radical (unpaired) electrons. The molecule has 0 saturated carbocycles. The van der Waals surface area contributed by atoms with E-state index in [1.165, 1.54) is 0 Å². The topological polar surface area (TPSA) is 59.0 Å². The predicted octanol–water partition coefficient (Wildman–Crippen LogP) is 3.86. The molecule has 0 amide bonds. The van der Waals surface area contributed by atoms with Crippen LogP contribution in [0.5, 0.6) is 11.5 Å². The Morgan fingerprint density at radius 1 is 1.35 bits per heavy atom. The van der Waals surface area contributed by atoms with Gasteiger partial charge in [-0.1, -0.05) is 23.7 Å². The van der Waals surface area contributed by atoms with Crippen molar-refractivity contribution in [3.63, 3.8) is 0 Å². The Hall–Kier alpha value is -2.24. The Bertz CT molecular complexity index is 808. The minimum atomic E-state index is -0.388. The van der Waals surface area contributed by atoms with Crippen LogP contribution in [0.15, 0.2) is 36.4 Å². The number of benzene rings is 2. The normalized spacial score (nSPS) is 15.5. The third kappa shape index (κ3) is 3.94. The zero-order valence-corrected chi connectivity index (χ0v) is 15.6. The summed E-state index contributed by atoms with van der Waals surface area (Å²) in [7, 11) is 0. The maximum absolute atomic E-state index is 12.1. The molecule has 1 N–H and O–H groups in total. The molecule has 0 aromatic heterocycles. The van der Waals surface area contributed by atoms with E-state index < -0.39 is 0 Å². The van der Waals surface area contributed by atoms with Crippen molar-refractivity contribution in [2.24, 2.45) is 0 Å². The largest absolute Gasteiger partial charge is 0.504 e. The number of fused-ring (bicyclic) bond motifs is 1. The van der Waals surface area contributed by atoms with Crippen molar-refractivity contribution in [1.29, 1.82) is 0 Å². The van der Waals surface area contributed by atoms with Gasteiger partial charge in [0.05, 0.1) is 6.61 Å². The van der Waals surface area contributed by atoms with Crippen molar-refractivity contribution < 1.29 is 19.4 Å². The summed E-state index contributed by atoms with van der Waals surface area (Å²) in [5.41, 5.74) is 2.58. The Balaban J connectivity index is 1.93. The molecular formula is C20H22ClNO4. The van der Waals surface area contributed by atoms with Crippen molar-refractivity contribution in [3.05, 3.63) is 47.0 Å². The van der Waals surface area contributed by atoms with Crippen LogP contribution in [0.25, 0.3) is 11.1 Å². The number of carbonyl (C=O) groups excluding carboxylic acids is 1. The molecule has 0 bridgehead atoms. The number of carbonyl (C=O) groups is 1. The van der Waals surface area contributed by atoms with Crippen LogP contribution in [0, 0.1) is 0 Å². The second-order valence-electron chi connectivity index (χ2n) is 6.24. The molecule has 1 aliphatic rings. The van der Waals surface area contributed by atoms with Gasteiger partial charge in [-0.05, 0) is 49.2 Å². The average molecular weight is 376 g/mol. The lowest BCUT2D eigenvalue weighted by Crippen LogP contribution is -2.40. The summed E-state index contributed by atoms with van der Waals surface area (Å²) < 4.78 is 10.9. The van der Waals surface area contributed by atoms with Gasteiger partial charge in [-0.25, -0.2) is 0 Å². The molecule has 1 unspecified atom stereocenters. The smallest absolute Gasteiger partial charge is 0.323 e. The summed E-state index contributed by atoms with van der Waals surface area (Å²) in [6.45, 7) is 5.41. The lowest BCUT2D eigenvalue weighted by molar-refractivity contribution is -0.149. The minimum absolute atomic E-state index is 0.0862. The number of ether oxygens (including phenoxy) is 2. The van der Waals surface area contributed by atoms with Crippen LogP contribution in [0.1, 0.15) is 19.4 Å². The highest BCUT2D eigenvalue weighted by molar-refractivity contribution is 6.30. The highest BCUT2D eigenvalue weighted by Gasteiger charge is 2.27. The van der Waals surface area contributed by atoms with Crippen LogP contribution in [0.2, 0.25) is 5.02 Å². The zero-order chi connectivity index (χ0) is 18.7. The first-order valence-corrected chi connectivity index (χ1v) is 9.02. The van der Waals surface area contributed by atoms with E-state index in [0.29, 0.717) is 37.1 Å². The van der Waals surface area contributed by atoms with Gasteiger partial charge < -0.3 is 14.6 Å². The van der Waals surface area contributed by atoms with E-state index in [4.69, 9.17) is 21.1 Å². The van der Waals surface area contributed by atoms with Crippen LogP contribution in [-0.2, 0) is 16.1 Å². The number of halogens is 1. The van der Waals surface area contributed by atoms with Crippen molar-refractivity contribution in [2.45, 2.75) is 26.4 Å². The Labute approximate surface area is 158 Å². The van der Waals surface area contributed by atoms with E-state index in [2.05, 4.69) is 0 Å². The van der Waals surface area contributed by atoms with Crippen molar-refractivity contribution in [2.75, 3.05) is 19.8 Å². The number of aromatic hydroxyl groups is 1. The number of hydrogen-bond donors (Lipinski definition) is 1. The second-order valence-corrected chi connectivity index (χ2v) is 6.68. The molecule has 1 heterocycles. The number of hydrogen-bond acceptors (Lipinski definition) is 5. The van der Waals surface area contributed by atoms with E-state index in [1.54, 1.807) is 19.1 Å². The molecule has 5 nitrogen and oxygen atoms in total. The predicted molar refractivity (Wildman–Crippen MR) is 101 cm³/mol. The van der Waals surface area contributed by atoms with Gasteiger partial charge in [0.2, 0.25) is 0 Å². The first-order chi connectivity index (χ1) is 12.5. The quantitative estimate of drug-likeness (QED) is 0.822. The first-order valence-electron chi connectivity index (χ1n) is 8.65. The number of phenolic OH excluding ortho intramolecular Hbond substituents is 1. The molecule has 0 fully saturated rings. The molecule has 0 saturated heterocycles. The van der Waals surface area contributed by atoms with Gasteiger partial charge in [-0.15, -0.1) is 0 Å². The SMILES string of the molecule is CCOC(=O)C(C)N1CCOc2c(O)cc(-c3cccc(Cl)c3)cc2C1. The molecule has 138 valence electrons. The van der Waals surface area contributed by atoms with Gasteiger partial charge in [0.25, 0.3) is 0 Å². The van der Waals surface area contributed by atoms with Crippen LogP contribution >= 0.6 is 11.6 Å². The molecule has 1 atom stereocenters. The highest BCUT2D eigenvalue weighted by atomic mass is 35.5. The maximum Gasteiger partial charge on any atom is 0.323 e. The molecule has 1 aliphatic heterocycles. The summed E-state index contributed by atoms with van der Waals surface area (Å²) in [6.07, 6.45) is 0. The summed E-state index contributed by atoms with van der Waals surface area (Å²) in [6, 6.07) is 10.7. The number of esters is 1. The Morgan fingerprint density at radius 3 is 2.88 bits per heavy atom. The minimum Gasteiger partial charge on any atom is -0.504 e. The van der Waals surface area contributed by atoms with Gasteiger partial charge in [0, 0.05) is 23.7 Å². The van der Waals surface area contributed by atoms with Crippen molar-refractivity contribution >= 4 is 17.6 Å². The van der Waals surface area contributed by atoms with E-state index in [1.807, 2.05) is 36.1 Å². The van der Waals surface area contributed by atoms with Crippen LogP contribution < -0.4 is 4.74 Å². The van der Waals surface area contributed by atoms with E-state index in [0.717, 1.165) is 16.7 Å². The standard InChI is InChI=1S/C20H22ClNO4/c1-3-25-20(24)13(2)22-7-8-26-19-16(12-22)9-15(11-18(19)23)14-5-4-6-17(21)10-14/h4-6,9-11,13,23H,3,7-8,12H2,1-2H3. The summed E-state index contributed by atoms with van der Waals surface area (Å²) in [5, 5.41) is 11.1. The van der Waals surface area contributed by atoms with E-state index in [-0.39, 0.29) is 17.8 Å². The van der Waals surface area contributed by atoms with Gasteiger partial charge in [0.1, 0.15) is 12.6 Å². The fraction of sp³-hybridized carbons (Fsp3) is 0.350. The fourth-order valence-electron chi connectivity index (χ4n) is 3.10. The van der Waals surface area contributed by atoms with Gasteiger partial charge >= 0.3 is 5.97 Å². The molecule has 26 heavy (non-hydrogen) atoms. The van der Waals surface area contributed by atoms with Crippen molar-refractivity contribution in [3.8, 4) is 22.6 Å². The molecule has 0 aliphatic carbocycles. The molecule has 0 spiro atoms. The molecular weight excluding hydrogens is 354 g/mol. The summed E-state index contributed by atoms with van der Waals surface area (Å²) in [5.74, 6) is 0.295. The van der Waals surface area contributed by atoms with Gasteiger partial charge in [0.15, 0.2) is 11.5 Å². The molecule has 3 rings (SSSR count). The van der Waals surface area contributed by atoms with E-state index in [9.17, 15) is 9.90 Å². The lowest BCUT2D eigenvalue weighted by Gasteiger charge is -2.25. The van der Waals surface area contributed by atoms with Crippen LogP contribution in [0.4, 0.5) is 0 Å². The third-order valence-corrected chi connectivity index (χ3v) is 4.71. The summed E-state index contributed by atoms with van der Waals surface area (Å²) >= 11 is 6.09. The lowest BCUT2D eigenvalue weighted by atomic mass is 10.0. The number of phenols is 1. The molecule has 6 heteroatoms. The molecule has 2 aromatic carbocycles. The zero-order valence-electron chi connectivity index (χ0n) is 14.9.